The standard InChI is InChI=1S/C23H29NO11/c1-6-30-22(29)16-9-7-8-10-17(16)34-23-19(24-12(2)25)21(33-15(5)28)20(32-14(4)27)18(35-23)11-31-13(3)26/h7-10,18-21,23H,6,11H2,1-5H3,(H,24,25)/t18-,19-,20-,21-,23-/m0/s1. The van der Waals surface area contributed by atoms with Gasteiger partial charge in [0.25, 0.3) is 0 Å². The molecule has 1 N–H and O–H groups in total. The monoisotopic (exact) mass is 495 g/mol. The molecule has 1 aliphatic rings. The van der Waals surface area contributed by atoms with Crippen molar-refractivity contribution in [2.24, 2.45) is 0 Å². The van der Waals surface area contributed by atoms with Gasteiger partial charge in [0, 0.05) is 27.7 Å². The van der Waals surface area contributed by atoms with Gasteiger partial charge < -0.3 is 33.7 Å². The molecule has 1 aromatic rings. The van der Waals surface area contributed by atoms with E-state index in [1.807, 2.05) is 0 Å². The van der Waals surface area contributed by atoms with Gasteiger partial charge in [-0.1, -0.05) is 12.1 Å². The summed E-state index contributed by atoms with van der Waals surface area (Å²) >= 11 is 0. The predicted octanol–water partition coefficient (Wildman–Crippen LogP) is 0.898. The van der Waals surface area contributed by atoms with Crippen molar-refractivity contribution in [1.82, 2.24) is 5.32 Å². The van der Waals surface area contributed by atoms with E-state index in [1.165, 1.54) is 26.0 Å². The fourth-order valence-corrected chi connectivity index (χ4v) is 3.46. The molecule has 0 radical (unpaired) electrons. The Morgan fingerprint density at radius 3 is 2.09 bits per heavy atom. The zero-order valence-corrected chi connectivity index (χ0v) is 20.1. The zero-order chi connectivity index (χ0) is 26.1. The highest BCUT2D eigenvalue weighted by atomic mass is 16.7. The molecule has 1 aliphatic heterocycles. The fraction of sp³-hybridized carbons (Fsp3) is 0.522. The number of hydrogen-bond donors (Lipinski definition) is 1. The molecule has 0 spiro atoms. The van der Waals surface area contributed by atoms with E-state index in [0.29, 0.717) is 0 Å². The minimum absolute atomic E-state index is 0.0602. The Morgan fingerprint density at radius 1 is 0.886 bits per heavy atom. The highest BCUT2D eigenvalue weighted by Gasteiger charge is 2.52. The van der Waals surface area contributed by atoms with Gasteiger partial charge in [0.15, 0.2) is 12.2 Å². The molecule has 1 amide bonds. The first-order valence-corrected chi connectivity index (χ1v) is 10.9. The average molecular weight is 495 g/mol. The number of ether oxygens (including phenoxy) is 6. The van der Waals surface area contributed by atoms with Crippen molar-refractivity contribution in [3.05, 3.63) is 29.8 Å². The summed E-state index contributed by atoms with van der Waals surface area (Å²) in [4.78, 5) is 59.6. The van der Waals surface area contributed by atoms with Gasteiger partial charge in [0.05, 0.1) is 6.61 Å². The van der Waals surface area contributed by atoms with E-state index in [2.05, 4.69) is 5.32 Å². The van der Waals surface area contributed by atoms with Crippen molar-refractivity contribution in [3.63, 3.8) is 0 Å². The summed E-state index contributed by atoms with van der Waals surface area (Å²) in [6.45, 7) is 6.08. The van der Waals surface area contributed by atoms with Gasteiger partial charge in [-0.05, 0) is 19.1 Å². The highest BCUT2D eigenvalue weighted by molar-refractivity contribution is 5.92. The molecule has 1 saturated heterocycles. The molecule has 12 nitrogen and oxygen atoms in total. The zero-order valence-electron chi connectivity index (χ0n) is 20.1. The van der Waals surface area contributed by atoms with Gasteiger partial charge in [0.2, 0.25) is 12.2 Å². The lowest BCUT2D eigenvalue weighted by molar-refractivity contribution is -0.257. The van der Waals surface area contributed by atoms with E-state index < -0.39 is 60.4 Å². The number of benzene rings is 1. The van der Waals surface area contributed by atoms with E-state index in [4.69, 9.17) is 28.4 Å². The van der Waals surface area contributed by atoms with Crippen LogP contribution in [0.5, 0.6) is 5.75 Å². The van der Waals surface area contributed by atoms with E-state index in [0.717, 1.165) is 13.8 Å². The lowest BCUT2D eigenvalue weighted by atomic mass is 9.96. The molecule has 1 heterocycles. The van der Waals surface area contributed by atoms with Crippen molar-refractivity contribution in [2.45, 2.75) is 65.3 Å². The number of rotatable bonds is 9. The van der Waals surface area contributed by atoms with Crippen LogP contribution in [-0.4, -0.2) is 73.6 Å². The van der Waals surface area contributed by atoms with Crippen LogP contribution in [0.3, 0.4) is 0 Å². The molecular weight excluding hydrogens is 466 g/mol. The normalized spacial score (nSPS) is 23.4. The van der Waals surface area contributed by atoms with E-state index in [-0.39, 0.29) is 24.5 Å². The van der Waals surface area contributed by atoms with Crippen LogP contribution in [0.1, 0.15) is 45.0 Å². The molecule has 0 bridgehead atoms. The number of carbonyl (C=O) groups is 5. The van der Waals surface area contributed by atoms with Crippen LogP contribution in [-0.2, 0) is 42.9 Å². The molecule has 1 fully saturated rings. The van der Waals surface area contributed by atoms with Gasteiger partial charge in [0.1, 0.15) is 30.1 Å². The van der Waals surface area contributed by atoms with Gasteiger partial charge in [-0.2, -0.15) is 0 Å². The SMILES string of the molecule is CCOC(=O)c1ccccc1O[C@H]1O[C@@H](COC(C)=O)[C@H](OC(C)=O)[C@@H](OC(C)=O)[C@@H]1NC(C)=O. The topological polar surface area (TPSA) is 153 Å². The Balaban J connectivity index is 2.51. The van der Waals surface area contributed by atoms with Crippen LogP contribution >= 0.6 is 0 Å². The van der Waals surface area contributed by atoms with Gasteiger partial charge in [-0.25, -0.2) is 4.79 Å². The maximum atomic E-state index is 12.4. The largest absolute Gasteiger partial charge is 0.463 e. The predicted molar refractivity (Wildman–Crippen MR) is 117 cm³/mol. The Morgan fingerprint density at radius 2 is 1.51 bits per heavy atom. The summed E-state index contributed by atoms with van der Waals surface area (Å²) < 4.78 is 32.8. The minimum atomic E-state index is -1.36. The summed E-state index contributed by atoms with van der Waals surface area (Å²) in [6, 6.07) is 5.00. The summed E-state index contributed by atoms with van der Waals surface area (Å²) in [5.41, 5.74) is 0.0854. The molecule has 0 aromatic heterocycles. The van der Waals surface area contributed by atoms with Crippen LogP contribution in [0, 0.1) is 0 Å². The maximum Gasteiger partial charge on any atom is 0.341 e. The Bertz CT molecular complexity index is 947. The second kappa shape index (κ2) is 12.7. The van der Waals surface area contributed by atoms with Crippen LogP contribution in [0.15, 0.2) is 24.3 Å². The lowest BCUT2D eigenvalue weighted by Crippen LogP contribution is -2.67. The van der Waals surface area contributed by atoms with Crippen LogP contribution in [0.4, 0.5) is 0 Å². The summed E-state index contributed by atoms with van der Waals surface area (Å²) in [5.74, 6) is -3.21. The Labute approximate surface area is 202 Å². The second-order valence-electron chi connectivity index (χ2n) is 7.55. The van der Waals surface area contributed by atoms with E-state index in [9.17, 15) is 24.0 Å². The number of para-hydroxylation sites is 1. The van der Waals surface area contributed by atoms with Crippen molar-refractivity contribution >= 4 is 29.8 Å². The van der Waals surface area contributed by atoms with Crippen molar-refractivity contribution in [1.29, 1.82) is 0 Å². The smallest absolute Gasteiger partial charge is 0.341 e. The first-order chi connectivity index (χ1) is 16.5. The molecule has 0 saturated carbocycles. The van der Waals surface area contributed by atoms with Crippen LogP contribution in [0.25, 0.3) is 0 Å². The molecule has 35 heavy (non-hydrogen) atoms. The molecule has 5 atom stereocenters. The lowest BCUT2D eigenvalue weighted by Gasteiger charge is -2.44. The molecule has 1 aromatic carbocycles. The third-order valence-electron chi connectivity index (χ3n) is 4.70. The first kappa shape index (κ1) is 27.6. The van der Waals surface area contributed by atoms with Crippen molar-refractivity contribution in [2.75, 3.05) is 13.2 Å². The van der Waals surface area contributed by atoms with Gasteiger partial charge in [-0.15, -0.1) is 0 Å². The highest BCUT2D eigenvalue weighted by Crippen LogP contribution is 2.30. The molecule has 192 valence electrons. The van der Waals surface area contributed by atoms with Gasteiger partial charge in [-0.3, -0.25) is 19.2 Å². The Kier molecular flexibility index (Phi) is 10.0. The molecular formula is C23H29NO11. The third kappa shape index (κ3) is 7.95. The summed E-state index contributed by atoms with van der Waals surface area (Å²) in [6.07, 6.45) is -5.04. The van der Waals surface area contributed by atoms with E-state index in [1.54, 1.807) is 19.1 Å². The number of hydrogen-bond acceptors (Lipinski definition) is 11. The van der Waals surface area contributed by atoms with Gasteiger partial charge >= 0.3 is 23.9 Å². The fourth-order valence-electron chi connectivity index (χ4n) is 3.46. The number of esters is 4. The number of amides is 1. The average Bonchev–Trinajstić information content (AvgIpc) is 2.76. The molecule has 0 aliphatic carbocycles. The van der Waals surface area contributed by atoms with Crippen LogP contribution < -0.4 is 10.1 Å². The molecule has 0 unspecified atom stereocenters. The quantitative estimate of drug-likeness (QED) is 0.384. The molecule has 12 heteroatoms. The van der Waals surface area contributed by atoms with E-state index >= 15 is 0 Å². The molecule has 2 rings (SSSR count). The number of nitrogens with one attached hydrogen (secondary N) is 1. The summed E-state index contributed by atoms with van der Waals surface area (Å²) in [7, 11) is 0. The van der Waals surface area contributed by atoms with Crippen molar-refractivity contribution < 1.29 is 52.4 Å². The third-order valence-corrected chi connectivity index (χ3v) is 4.70. The van der Waals surface area contributed by atoms with Crippen molar-refractivity contribution in [3.8, 4) is 5.75 Å². The maximum absolute atomic E-state index is 12.4. The first-order valence-electron chi connectivity index (χ1n) is 10.9. The summed E-state index contributed by atoms with van der Waals surface area (Å²) in [5, 5.41) is 2.59. The Hall–Kier alpha value is -3.67. The number of carbonyl (C=O) groups excluding carboxylic acids is 5. The minimum Gasteiger partial charge on any atom is -0.463 e. The second-order valence-corrected chi connectivity index (χ2v) is 7.55. The van der Waals surface area contributed by atoms with Crippen LogP contribution in [0.2, 0.25) is 0 Å².